The highest BCUT2D eigenvalue weighted by molar-refractivity contribution is 6.32. The van der Waals surface area contributed by atoms with E-state index in [0.29, 0.717) is 17.2 Å². The molecule has 6 nitrogen and oxygen atoms in total. The average molecular weight is 488 g/mol. The third kappa shape index (κ3) is 5.56. The third-order valence-corrected chi connectivity index (χ3v) is 7.23. The quantitative estimate of drug-likeness (QED) is 0.289. The number of ether oxygens (including phenoxy) is 2. The molecule has 0 fully saturated rings. The van der Waals surface area contributed by atoms with Crippen molar-refractivity contribution in [2.24, 2.45) is 0 Å². The summed E-state index contributed by atoms with van der Waals surface area (Å²) in [6.45, 7) is 6.92. The second-order valence-electron chi connectivity index (χ2n) is 8.71. The maximum absolute atomic E-state index is 12.6. The lowest BCUT2D eigenvalue weighted by atomic mass is 9.72. The van der Waals surface area contributed by atoms with Gasteiger partial charge in [-0.3, -0.25) is 0 Å². The highest BCUT2D eigenvalue weighted by atomic mass is 35.5. The lowest BCUT2D eigenvalue weighted by molar-refractivity contribution is -0.179. The highest BCUT2D eigenvalue weighted by Crippen LogP contribution is 2.50. The van der Waals surface area contributed by atoms with Crippen LogP contribution >= 0.6 is 11.6 Å². The number of carbonyl (C=O) groups is 2. The molecule has 0 saturated heterocycles. The lowest BCUT2D eigenvalue weighted by Crippen LogP contribution is -2.41. The molecular weight excluding hydrogens is 454 g/mol. The minimum absolute atomic E-state index is 0.248. The minimum atomic E-state index is -1.59. The summed E-state index contributed by atoms with van der Waals surface area (Å²) in [6, 6.07) is 13.5. The summed E-state index contributed by atoms with van der Waals surface area (Å²) in [5.74, 6) is -2.52. The van der Waals surface area contributed by atoms with Crippen LogP contribution in [-0.2, 0) is 26.3 Å². The van der Waals surface area contributed by atoms with Gasteiger partial charge in [-0.25, -0.2) is 9.59 Å². The van der Waals surface area contributed by atoms with E-state index in [-0.39, 0.29) is 5.92 Å². The maximum Gasteiger partial charge on any atom is 0.418 e. The highest BCUT2D eigenvalue weighted by Gasteiger charge is 2.48. The molecule has 0 aliphatic heterocycles. The first-order valence-electron chi connectivity index (χ1n) is 12.0. The standard InChI is InChI=1S/C27H34ClNO5/c1-4-29(5-2)17-9-16-27(34-26(32)25(30)31)21-12-7-6-10-19(21)11-8-13-22(27)20-14-15-23(28)24(18-20)33-3/h6-7,10,12,14-15,18,22H,4-5,8-9,11,13,16-17H2,1-3H3,(H,30,31)/t22-,27+/m1/s1. The molecule has 0 aromatic heterocycles. The van der Waals surface area contributed by atoms with Crippen molar-refractivity contribution in [1.29, 1.82) is 0 Å². The zero-order valence-corrected chi connectivity index (χ0v) is 20.9. The molecule has 3 rings (SSSR count). The molecule has 34 heavy (non-hydrogen) atoms. The fourth-order valence-electron chi connectivity index (χ4n) is 5.20. The molecule has 2 aromatic carbocycles. The number of halogens is 1. The van der Waals surface area contributed by atoms with Gasteiger partial charge in [0.15, 0.2) is 0 Å². The summed E-state index contributed by atoms with van der Waals surface area (Å²) in [6.07, 6.45) is 3.71. The maximum atomic E-state index is 12.6. The first-order chi connectivity index (χ1) is 16.4. The smallest absolute Gasteiger partial charge is 0.418 e. The Bertz CT molecular complexity index is 1010. The van der Waals surface area contributed by atoms with Crippen molar-refractivity contribution in [1.82, 2.24) is 4.90 Å². The predicted molar refractivity (Wildman–Crippen MR) is 133 cm³/mol. The third-order valence-electron chi connectivity index (χ3n) is 6.92. The number of carboxylic acids is 1. The van der Waals surface area contributed by atoms with Crippen LogP contribution < -0.4 is 4.74 Å². The van der Waals surface area contributed by atoms with E-state index < -0.39 is 17.5 Å². The van der Waals surface area contributed by atoms with E-state index in [9.17, 15) is 14.7 Å². The van der Waals surface area contributed by atoms with Crippen molar-refractivity contribution in [3.8, 4) is 5.75 Å². The van der Waals surface area contributed by atoms with Crippen LogP contribution in [0.25, 0.3) is 0 Å². The van der Waals surface area contributed by atoms with Gasteiger partial charge in [-0.2, -0.15) is 0 Å². The van der Waals surface area contributed by atoms with Gasteiger partial charge in [0.25, 0.3) is 0 Å². The molecule has 1 aliphatic rings. The van der Waals surface area contributed by atoms with Crippen LogP contribution in [0.4, 0.5) is 0 Å². The summed E-state index contributed by atoms with van der Waals surface area (Å²) < 4.78 is 11.5. The van der Waals surface area contributed by atoms with Crippen molar-refractivity contribution in [2.75, 3.05) is 26.7 Å². The normalized spacial score (nSPS) is 19.9. The number of hydrogen-bond donors (Lipinski definition) is 1. The molecule has 0 saturated carbocycles. The predicted octanol–water partition coefficient (Wildman–Crippen LogP) is 5.41. The van der Waals surface area contributed by atoms with E-state index in [1.807, 2.05) is 36.4 Å². The Hall–Kier alpha value is -2.57. The Labute approximate surface area is 206 Å². The number of carbonyl (C=O) groups excluding carboxylic acids is 1. The Morgan fingerprint density at radius 2 is 1.91 bits per heavy atom. The zero-order valence-electron chi connectivity index (χ0n) is 20.2. The summed E-state index contributed by atoms with van der Waals surface area (Å²) >= 11 is 6.30. The van der Waals surface area contributed by atoms with Crippen LogP contribution in [0.15, 0.2) is 42.5 Å². The van der Waals surface area contributed by atoms with Crippen molar-refractivity contribution >= 4 is 23.5 Å². The minimum Gasteiger partial charge on any atom is -0.495 e. The number of fused-ring (bicyclic) bond motifs is 1. The summed E-state index contributed by atoms with van der Waals surface area (Å²) in [7, 11) is 1.56. The monoisotopic (exact) mass is 487 g/mol. The zero-order chi connectivity index (χ0) is 24.7. The van der Waals surface area contributed by atoms with E-state index in [4.69, 9.17) is 21.1 Å². The summed E-state index contributed by atoms with van der Waals surface area (Å²) in [5.41, 5.74) is 1.78. The molecule has 0 unspecified atom stereocenters. The van der Waals surface area contributed by atoms with E-state index in [2.05, 4.69) is 18.7 Å². The number of methoxy groups -OCH3 is 1. The molecule has 184 valence electrons. The topological polar surface area (TPSA) is 76.1 Å². The molecule has 0 spiro atoms. The van der Waals surface area contributed by atoms with Crippen molar-refractivity contribution < 1.29 is 24.2 Å². The number of rotatable bonds is 9. The molecule has 0 amide bonds. The fraction of sp³-hybridized carbons (Fsp3) is 0.481. The Balaban J connectivity index is 2.17. The van der Waals surface area contributed by atoms with Crippen LogP contribution in [0.3, 0.4) is 0 Å². The van der Waals surface area contributed by atoms with Crippen LogP contribution in [0.1, 0.15) is 62.1 Å². The van der Waals surface area contributed by atoms with Crippen LogP contribution in [-0.4, -0.2) is 48.7 Å². The van der Waals surface area contributed by atoms with Crippen molar-refractivity contribution in [3.63, 3.8) is 0 Å². The van der Waals surface area contributed by atoms with Gasteiger partial charge < -0.3 is 19.5 Å². The van der Waals surface area contributed by atoms with Crippen LogP contribution in [0.2, 0.25) is 5.02 Å². The van der Waals surface area contributed by atoms with Crippen LogP contribution in [0, 0.1) is 0 Å². The van der Waals surface area contributed by atoms with E-state index in [1.165, 1.54) is 0 Å². The number of esters is 1. The molecule has 0 radical (unpaired) electrons. The first kappa shape index (κ1) is 26.0. The number of nitrogens with zero attached hydrogens (tertiary/aromatic N) is 1. The Kier molecular flexibility index (Phi) is 8.97. The number of benzene rings is 2. The molecule has 0 bridgehead atoms. The largest absolute Gasteiger partial charge is 0.495 e. The summed E-state index contributed by atoms with van der Waals surface area (Å²) in [5, 5.41) is 9.99. The number of aryl methyl sites for hydroxylation is 1. The molecule has 1 N–H and O–H groups in total. The molecule has 0 heterocycles. The van der Waals surface area contributed by atoms with Gasteiger partial charge in [-0.15, -0.1) is 0 Å². The Morgan fingerprint density at radius 3 is 2.59 bits per heavy atom. The first-order valence-corrected chi connectivity index (χ1v) is 12.3. The SMILES string of the molecule is CCN(CC)CCC[C@]1(OC(=O)C(=O)O)c2ccccc2CCC[C@@H]1c1ccc(Cl)c(OC)c1. The van der Waals surface area contributed by atoms with Crippen molar-refractivity contribution in [3.05, 3.63) is 64.2 Å². The van der Waals surface area contributed by atoms with E-state index in [1.54, 1.807) is 13.2 Å². The second kappa shape index (κ2) is 11.7. The van der Waals surface area contributed by atoms with Crippen LogP contribution in [0.5, 0.6) is 5.75 Å². The van der Waals surface area contributed by atoms with Gasteiger partial charge in [0.2, 0.25) is 0 Å². The molecular formula is C27H34ClNO5. The van der Waals surface area contributed by atoms with Gasteiger partial charge in [-0.05, 0) is 80.6 Å². The van der Waals surface area contributed by atoms with Gasteiger partial charge in [0.1, 0.15) is 11.4 Å². The Morgan fingerprint density at radius 1 is 1.18 bits per heavy atom. The van der Waals surface area contributed by atoms with Crippen molar-refractivity contribution in [2.45, 2.75) is 57.5 Å². The van der Waals surface area contributed by atoms with E-state index >= 15 is 0 Å². The molecule has 7 heteroatoms. The lowest BCUT2D eigenvalue weighted by Gasteiger charge is -2.41. The molecule has 2 atom stereocenters. The number of carboxylic acid groups (broad SMARTS) is 1. The second-order valence-corrected chi connectivity index (χ2v) is 9.12. The van der Waals surface area contributed by atoms with Gasteiger partial charge in [-0.1, -0.05) is 55.8 Å². The molecule has 1 aliphatic carbocycles. The van der Waals surface area contributed by atoms with E-state index in [0.717, 1.165) is 62.0 Å². The van der Waals surface area contributed by atoms with Gasteiger partial charge in [0, 0.05) is 5.92 Å². The fourth-order valence-corrected chi connectivity index (χ4v) is 5.39. The van der Waals surface area contributed by atoms with Gasteiger partial charge in [0.05, 0.1) is 12.1 Å². The summed E-state index contributed by atoms with van der Waals surface area (Å²) in [4.78, 5) is 26.6. The average Bonchev–Trinajstić information content (AvgIpc) is 2.99. The number of hydrogen-bond acceptors (Lipinski definition) is 5. The van der Waals surface area contributed by atoms with Gasteiger partial charge >= 0.3 is 11.9 Å². The molecule has 2 aromatic rings. The number of aliphatic carboxylic acids is 1.